The maximum Gasteiger partial charge on any atom is 0.226 e. The molecule has 0 saturated heterocycles. The summed E-state index contributed by atoms with van der Waals surface area (Å²) < 4.78 is 0. The number of benzene rings is 2. The number of rotatable bonds is 3. The second kappa shape index (κ2) is 6.95. The highest BCUT2D eigenvalue weighted by molar-refractivity contribution is 6.28. The number of nitrogens with zero attached hydrogens (tertiary/aromatic N) is 4. The first-order valence-electron chi connectivity index (χ1n) is 8.08. The summed E-state index contributed by atoms with van der Waals surface area (Å²) in [6.45, 7) is 0.844. The van der Waals surface area contributed by atoms with Crippen LogP contribution in [0.5, 0.6) is 0 Å². The van der Waals surface area contributed by atoms with Crippen LogP contribution in [-0.2, 0) is 0 Å². The lowest BCUT2D eigenvalue weighted by atomic mass is 10.1. The zero-order valence-electron chi connectivity index (χ0n) is 13.4. The Kier molecular flexibility index (Phi) is 4.36. The Balaban J connectivity index is 1.69. The minimum Gasteiger partial charge on any atom is -0.284 e. The summed E-state index contributed by atoms with van der Waals surface area (Å²) in [6, 6.07) is 17.8. The molecular weight excluding hydrogens is 332 g/mol. The van der Waals surface area contributed by atoms with Gasteiger partial charge in [0.2, 0.25) is 5.28 Å². The average Bonchev–Trinajstić information content (AvgIpc) is 2.69. The second-order valence-corrected chi connectivity index (χ2v) is 5.99. The lowest BCUT2D eigenvalue weighted by Crippen LogP contribution is -2.02. The van der Waals surface area contributed by atoms with Crippen LogP contribution < -0.4 is 0 Å². The Hall–Kier alpha value is -2.85. The van der Waals surface area contributed by atoms with E-state index in [0.29, 0.717) is 11.6 Å². The van der Waals surface area contributed by atoms with Gasteiger partial charge in [-0.25, -0.2) is 4.98 Å². The quantitative estimate of drug-likeness (QED) is 0.696. The lowest BCUT2D eigenvalue weighted by Gasteiger charge is -2.08. The molecule has 1 aromatic heterocycles. The number of aliphatic imine (C=N–C) groups is 1. The minimum absolute atomic E-state index is 0.188. The van der Waals surface area contributed by atoms with Crippen molar-refractivity contribution in [2.75, 3.05) is 6.54 Å². The van der Waals surface area contributed by atoms with Crippen molar-refractivity contribution in [3.8, 4) is 22.8 Å². The third kappa shape index (κ3) is 3.49. The lowest BCUT2D eigenvalue weighted by molar-refractivity contribution is 0.994. The Morgan fingerprint density at radius 2 is 1.36 bits per heavy atom. The summed E-state index contributed by atoms with van der Waals surface area (Å²) in [5.74, 6) is 1.13. The molecule has 0 amide bonds. The zero-order chi connectivity index (χ0) is 17.1. The van der Waals surface area contributed by atoms with Crippen LogP contribution in [0, 0.1) is 0 Å². The third-order valence-corrected chi connectivity index (χ3v) is 4.10. The zero-order valence-corrected chi connectivity index (χ0v) is 14.2. The molecular formula is C20H15ClN4. The van der Waals surface area contributed by atoms with Crippen molar-refractivity contribution in [3.05, 3.63) is 77.6 Å². The van der Waals surface area contributed by atoms with Gasteiger partial charge in [0.25, 0.3) is 0 Å². The van der Waals surface area contributed by atoms with Gasteiger partial charge in [-0.05, 0) is 29.7 Å². The second-order valence-electron chi connectivity index (χ2n) is 5.65. The van der Waals surface area contributed by atoms with Gasteiger partial charge in [-0.1, -0.05) is 60.7 Å². The fraction of sp³-hybridized carbons (Fsp3) is 0.100. The molecule has 1 aliphatic heterocycles. The molecule has 122 valence electrons. The normalized spacial score (nSPS) is 13.6. The number of aromatic nitrogens is 3. The van der Waals surface area contributed by atoms with Gasteiger partial charge in [0.05, 0.1) is 5.71 Å². The Labute approximate surface area is 151 Å². The predicted octanol–water partition coefficient (Wildman–Crippen LogP) is 4.61. The minimum atomic E-state index is 0.188. The molecule has 2 aromatic carbocycles. The van der Waals surface area contributed by atoms with Crippen molar-refractivity contribution in [2.45, 2.75) is 6.42 Å². The SMILES string of the molecule is Clc1nc(-c2ccccc2)nc(-c2ccc(C3=NCCC=C3)cc2)n1. The summed E-state index contributed by atoms with van der Waals surface area (Å²) in [5.41, 5.74) is 3.90. The van der Waals surface area contributed by atoms with Gasteiger partial charge in [-0.3, -0.25) is 4.99 Å². The van der Waals surface area contributed by atoms with E-state index in [1.54, 1.807) is 0 Å². The molecule has 0 spiro atoms. The molecule has 4 rings (SSSR count). The number of dihydropyridines is 1. The van der Waals surface area contributed by atoms with Gasteiger partial charge in [0, 0.05) is 17.7 Å². The molecule has 0 fully saturated rings. The van der Waals surface area contributed by atoms with Crippen molar-refractivity contribution in [2.24, 2.45) is 4.99 Å². The van der Waals surface area contributed by atoms with Gasteiger partial charge in [-0.2, -0.15) is 9.97 Å². The molecule has 5 heteroatoms. The van der Waals surface area contributed by atoms with E-state index in [0.717, 1.165) is 35.4 Å². The van der Waals surface area contributed by atoms with Crippen molar-refractivity contribution in [1.29, 1.82) is 0 Å². The fourth-order valence-electron chi connectivity index (χ4n) is 2.68. The smallest absolute Gasteiger partial charge is 0.226 e. The largest absolute Gasteiger partial charge is 0.284 e. The maximum atomic E-state index is 6.11. The van der Waals surface area contributed by atoms with Crippen molar-refractivity contribution >= 4 is 17.3 Å². The van der Waals surface area contributed by atoms with Crippen LogP contribution in [0.3, 0.4) is 0 Å². The summed E-state index contributed by atoms with van der Waals surface area (Å²) in [7, 11) is 0. The summed E-state index contributed by atoms with van der Waals surface area (Å²) >= 11 is 6.11. The number of hydrogen-bond donors (Lipinski definition) is 0. The third-order valence-electron chi connectivity index (χ3n) is 3.93. The first-order chi connectivity index (χ1) is 12.3. The van der Waals surface area contributed by atoms with Gasteiger partial charge in [0.15, 0.2) is 11.6 Å². The molecule has 2 heterocycles. The molecule has 0 N–H and O–H groups in total. The highest BCUT2D eigenvalue weighted by atomic mass is 35.5. The number of halogens is 1. The van der Waals surface area contributed by atoms with E-state index in [1.807, 2.05) is 54.6 Å². The highest BCUT2D eigenvalue weighted by Gasteiger charge is 2.10. The van der Waals surface area contributed by atoms with Crippen LogP contribution in [0.4, 0.5) is 0 Å². The van der Waals surface area contributed by atoms with Crippen LogP contribution in [-0.4, -0.2) is 27.2 Å². The molecule has 0 bridgehead atoms. The topological polar surface area (TPSA) is 51.0 Å². The number of hydrogen-bond acceptors (Lipinski definition) is 4. The van der Waals surface area contributed by atoms with Crippen molar-refractivity contribution < 1.29 is 0 Å². The summed E-state index contributed by atoms with van der Waals surface area (Å²) in [5, 5.41) is 0.188. The van der Waals surface area contributed by atoms with Crippen LogP contribution in [0.25, 0.3) is 22.8 Å². The van der Waals surface area contributed by atoms with Gasteiger partial charge < -0.3 is 0 Å². The monoisotopic (exact) mass is 346 g/mol. The molecule has 1 aliphatic rings. The maximum absolute atomic E-state index is 6.11. The first kappa shape index (κ1) is 15.7. The van der Waals surface area contributed by atoms with Gasteiger partial charge in [-0.15, -0.1) is 0 Å². The predicted molar refractivity (Wildman–Crippen MR) is 101 cm³/mol. The Morgan fingerprint density at radius 3 is 2.00 bits per heavy atom. The van der Waals surface area contributed by atoms with Crippen molar-refractivity contribution in [1.82, 2.24) is 15.0 Å². The van der Waals surface area contributed by atoms with Crippen molar-refractivity contribution in [3.63, 3.8) is 0 Å². The highest BCUT2D eigenvalue weighted by Crippen LogP contribution is 2.22. The van der Waals surface area contributed by atoms with E-state index in [9.17, 15) is 0 Å². The van der Waals surface area contributed by atoms with Crippen LogP contribution in [0.15, 0.2) is 71.7 Å². The Morgan fingerprint density at radius 1 is 0.720 bits per heavy atom. The molecule has 0 aliphatic carbocycles. The van der Waals surface area contributed by atoms with E-state index in [1.165, 1.54) is 0 Å². The van der Waals surface area contributed by atoms with E-state index in [2.05, 4.69) is 32.1 Å². The molecule has 3 aromatic rings. The molecule has 0 unspecified atom stereocenters. The van der Waals surface area contributed by atoms with E-state index in [-0.39, 0.29) is 5.28 Å². The standard InChI is InChI=1S/C20H15ClN4/c21-20-24-18(15-6-2-1-3-7-15)23-19(25-20)16-11-9-14(10-12-16)17-8-4-5-13-22-17/h1-4,6-12H,5,13H2. The summed E-state index contributed by atoms with van der Waals surface area (Å²) in [4.78, 5) is 17.6. The first-order valence-corrected chi connectivity index (χ1v) is 8.46. The molecule has 0 atom stereocenters. The van der Waals surface area contributed by atoms with Gasteiger partial charge >= 0.3 is 0 Å². The fourth-order valence-corrected chi connectivity index (χ4v) is 2.84. The Bertz CT molecular complexity index is 947. The van der Waals surface area contributed by atoms with E-state index >= 15 is 0 Å². The van der Waals surface area contributed by atoms with E-state index in [4.69, 9.17) is 11.6 Å². The molecule has 0 saturated carbocycles. The summed E-state index contributed by atoms with van der Waals surface area (Å²) in [6.07, 6.45) is 5.22. The van der Waals surface area contributed by atoms with Gasteiger partial charge in [0.1, 0.15) is 0 Å². The van der Waals surface area contributed by atoms with Crippen LogP contribution in [0.1, 0.15) is 12.0 Å². The van der Waals surface area contributed by atoms with Crippen LogP contribution in [0.2, 0.25) is 5.28 Å². The average molecular weight is 347 g/mol. The molecule has 4 nitrogen and oxygen atoms in total. The van der Waals surface area contributed by atoms with Crippen LogP contribution >= 0.6 is 11.6 Å². The number of allylic oxidation sites excluding steroid dienone is 1. The molecule has 25 heavy (non-hydrogen) atoms. The molecule has 0 radical (unpaired) electrons. The van der Waals surface area contributed by atoms with E-state index < -0.39 is 0 Å².